The highest BCUT2D eigenvalue weighted by atomic mass is 19.1. The van der Waals surface area contributed by atoms with Crippen molar-refractivity contribution >= 4 is 5.91 Å². The molecule has 1 saturated carbocycles. The summed E-state index contributed by atoms with van der Waals surface area (Å²) in [6.07, 6.45) is 0.566. The lowest BCUT2D eigenvalue weighted by Crippen LogP contribution is -2.37. The number of halogens is 1. The van der Waals surface area contributed by atoms with Gasteiger partial charge in [-0.1, -0.05) is 18.2 Å². The summed E-state index contributed by atoms with van der Waals surface area (Å²) >= 11 is 0. The number of amides is 1. The van der Waals surface area contributed by atoms with E-state index >= 15 is 0 Å². The molecule has 0 spiro atoms. The fourth-order valence-corrected chi connectivity index (χ4v) is 3.08. The van der Waals surface area contributed by atoms with Crippen molar-refractivity contribution in [1.82, 2.24) is 5.32 Å². The molecule has 1 fully saturated rings. The van der Waals surface area contributed by atoms with E-state index in [4.69, 9.17) is 9.47 Å². The Morgan fingerprint density at radius 2 is 1.81 bits per heavy atom. The quantitative estimate of drug-likeness (QED) is 0.798. The van der Waals surface area contributed by atoms with E-state index in [2.05, 4.69) is 5.32 Å². The van der Waals surface area contributed by atoms with E-state index in [1.54, 1.807) is 37.4 Å². The third-order valence-electron chi connectivity index (χ3n) is 4.83. The first-order chi connectivity index (χ1) is 12.5. The molecule has 138 valence electrons. The van der Waals surface area contributed by atoms with Crippen LogP contribution in [0.5, 0.6) is 11.5 Å². The zero-order valence-electron chi connectivity index (χ0n) is 14.8. The summed E-state index contributed by atoms with van der Waals surface area (Å²) in [4.78, 5) is 12.6. The highest BCUT2D eigenvalue weighted by Crippen LogP contribution is 2.48. The predicted octanol–water partition coefficient (Wildman–Crippen LogP) is 2.72. The molecule has 0 heterocycles. The van der Waals surface area contributed by atoms with Gasteiger partial charge in [-0.05, 0) is 48.2 Å². The number of ether oxygens (including phenoxy) is 2. The highest BCUT2D eigenvalue weighted by Gasteiger charge is 2.51. The van der Waals surface area contributed by atoms with Gasteiger partial charge in [-0.25, -0.2) is 4.39 Å². The SMILES string of the molecule is COc1ccc(C(O)CNC(=O)C2(c3ccc(F)cc3)CC2)cc1OC. The van der Waals surface area contributed by atoms with E-state index < -0.39 is 11.5 Å². The molecule has 2 aromatic carbocycles. The van der Waals surface area contributed by atoms with Gasteiger partial charge in [-0.2, -0.15) is 0 Å². The molecule has 1 atom stereocenters. The molecule has 0 saturated heterocycles. The summed E-state index contributed by atoms with van der Waals surface area (Å²) in [5.74, 6) is 0.610. The minimum atomic E-state index is -0.872. The van der Waals surface area contributed by atoms with E-state index in [0.717, 1.165) is 18.4 Å². The molecule has 1 aliphatic carbocycles. The minimum Gasteiger partial charge on any atom is -0.493 e. The van der Waals surface area contributed by atoms with Gasteiger partial charge in [0.05, 0.1) is 25.7 Å². The van der Waals surface area contributed by atoms with Crippen LogP contribution in [0.4, 0.5) is 4.39 Å². The number of carbonyl (C=O) groups excluding carboxylic acids is 1. The molecular formula is C20H22FNO4. The number of benzene rings is 2. The average molecular weight is 359 g/mol. The van der Waals surface area contributed by atoms with Crippen LogP contribution in [0.25, 0.3) is 0 Å². The number of nitrogens with one attached hydrogen (secondary N) is 1. The molecule has 1 unspecified atom stereocenters. The zero-order valence-corrected chi connectivity index (χ0v) is 14.8. The maximum atomic E-state index is 13.1. The van der Waals surface area contributed by atoms with Crippen molar-refractivity contribution in [3.63, 3.8) is 0 Å². The topological polar surface area (TPSA) is 67.8 Å². The normalized spacial score (nSPS) is 15.8. The van der Waals surface area contributed by atoms with Crippen molar-refractivity contribution < 1.29 is 23.8 Å². The Hall–Kier alpha value is -2.60. The van der Waals surface area contributed by atoms with Gasteiger partial charge in [-0.3, -0.25) is 4.79 Å². The first-order valence-electron chi connectivity index (χ1n) is 8.44. The van der Waals surface area contributed by atoms with Crippen LogP contribution in [0.1, 0.15) is 30.1 Å². The molecule has 2 N–H and O–H groups in total. The second-order valence-corrected chi connectivity index (χ2v) is 6.43. The van der Waals surface area contributed by atoms with Crippen molar-refractivity contribution in [3.8, 4) is 11.5 Å². The number of aliphatic hydroxyl groups is 1. The Labute approximate surface area is 151 Å². The number of hydrogen-bond donors (Lipinski definition) is 2. The fraction of sp³-hybridized carbons (Fsp3) is 0.350. The second kappa shape index (κ2) is 7.33. The molecule has 1 amide bonds. The Kier molecular flexibility index (Phi) is 5.13. The van der Waals surface area contributed by atoms with Crippen LogP contribution in [0.15, 0.2) is 42.5 Å². The van der Waals surface area contributed by atoms with Gasteiger partial charge in [-0.15, -0.1) is 0 Å². The number of hydrogen-bond acceptors (Lipinski definition) is 4. The summed E-state index contributed by atoms with van der Waals surface area (Å²) in [5, 5.41) is 13.2. The maximum absolute atomic E-state index is 13.1. The van der Waals surface area contributed by atoms with Gasteiger partial charge in [0.2, 0.25) is 5.91 Å². The molecule has 2 aromatic rings. The molecule has 6 heteroatoms. The van der Waals surface area contributed by atoms with Crippen molar-refractivity contribution in [3.05, 3.63) is 59.4 Å². The monoisotopic (exact) mass is 359 g/mol. The summed E-state index contributed by atoms with van der Waals surface area (Å²) in [5.41, 5.74) is 0.817. The standard InChI is InChI=1S/C20H22FNO4/c1-25-17-8-3-13(11-18(17)26-2)16(23)12-22-19(24)20(9-10-20)14-4-6-15(21)7-5-14/h3-8,11,16,23H,9-10,12H2,1-2H3,(H,22,24). The molecule has 1 aliphatic rings. The van der Waals surface area contributed by atoms with E-state index in [-0.39, 0.29) is 18.3 Å². The number of carbonyl (C=O) groups is 1. The van der Waals surface area contributed by atoms with Crippen LogP contribution in [0.3, 0.4) is 0 Å². The highest BCUT2D eigenvalue weighted by molar-refractivity contribution is 5.91. The van der Waals surface area contributed by atoms with Crippen molar-refractivity contribution in [1.29, 1.82) is 0 Å². The Balaban J connectivity index is 1.65. The predicted molar refractivity (Wildman–Crippen MR) is 94.8 cm³/mol. The van der Waals surface area contributed by atoms with Gasteiger partial charge in [0, 0.05) is 6.54 Å². The first-order valence-corrected chi connectivity index (χ1v) is 8.44. The van der Waals surface area contributed by atoms with E-state index in [1.807, 2.05) is 0 Å². The van der Waals surface area contributed by atoms with Crippen molar-refractivity contribution in [2.75, 3.05) is 20.8 Å². The summed E-state index contributed by atoms with van der Waals surface area (Å²) in [7, 11) is 3.06. The average Bonchev–Trinajstić information content (AvgIpc) is 3.47. The summed E-state index contributed by atoms with van der Waals surface area (Å²) in [6.45, 7) is 0.0806. The van der Waals surface area contributed by atoms with E-state index in [9.17, 15) is 14.3 Å². The van der Waals surface area contributed by atoms with Crippen LogP contribution >= 0.6 is 0 Å². The lowest BCUT2D eigenvalue weighted by Gasteiger charge is -2.19. The van der Waals surface area contributed by atoms with Gasteiger partial charge in [0.25, 0.3) is 0 Å². The van der Waals surface area contributed by atoms with Gasteiger partial charge < -0.3 is 19.9 Å². The Bertz CT molecular complexity index is 787. The number of methoxy groups -OCH3 is 2. The smallest absolute Gasteiger partial charge is 0.230 e. The van der Waals surface area contributed by atoms with Crippen molar-refractivity contribution in [2.45, 2.75) is 24.4 Å². The van der Waals surface area contributed by atoms with Crippen LogP contribution in [-0.2, 0) is 10.2 Å². The van der Waals surface area contributed by atoms with Gasteiger partial charge >= 0.3 is 0 Å². The Morgan fingerprint density at radius 1 is 1.15 bits per heavy atom. The molecule has 26 heavy (non-hydrogen) atoms. The lowest BCUT2D eigenvalue weighted by molar-refractivity contribution is -0.124. The minimum absolute atomic E-state index is 0.0806. The molecule has 5 nitrogen and oxygen atoms in total. The zero-order chi connectivity index (χ0) is 18.7. The van der Waals surface area contributed by atoms with Crippen LogP contribution in [0.2, 0.25) is 0 Å². The first kappa shape index (κ1) is 18.2. The molecule has 0 bridgehead atoms. The van der Waals surface area contributed by atoms with Crippen LogP contribution in [0, 0.1) is 5.82 Å². The molecule has 0 aliphatic heterocycles. The molecule has 0 aromatic heterocycles. The summed E-state index contributed by atoms with van der Waals surface area (Å²) < 4.78 is 23.5. The summed E-state index contributed by atoms with van der Waals surface area (Å²) in [6, 6.07) is 11.1. The van der Waals surface area contributed by atoms with E-state index in [1.165, 1.54) is 19.2 Å². The van der Waals surface area contributed by atoms with E-state index in [0.29, 0.717) is 17.1 Å². The third-order valence-corrected chi connectivity index (χ3v) is 4.83. The second-order valence-electron chi connectivity index (χ2n) is 6.43. The molecule has 0 radical (unpaired) electrons. The third kappa shape index (κ3) is 3.51. The Morgan fingerprint density at radius 3 is 2.38 bits per heavy atom. The molecule has 3 rings (SSSR count). The van der Waals surface area contributed by atoms with Crippen LogP contribution < -0.4 is 14.8 Å². The van der Waals surface area contributed by atoms with Gasteiger partial charge in [0.15, 0.2) is 11.5 Å². The van der Waals surface area contributed by atoms with Gasteiger partial charge in [0.1, 0.15) is 5.82 Å². The van der Waals surface area contributed by atoms with Crippen LogP contribution in [-0.4, -0.2) is 31.8 Å². The number of aliphatic hydroxyl groups excluding tert-OH is 1. The fourth-order valence-electron chi connectivity index (χ4n) is 3.08. The largest absolute Gasteiger partial charge is 0.493 e. The van der Waals surface area contributed by atoms with Crippen molar-refractivity contribution in [2.24, 2.45) is 0 Å². The molecular weight excluding hydrogens is 337 g/mol. The lowest BCUT2D eigenvalue weighted by atomic mass is 9.95. The maximum Gasteiger partial charge on any atom is 0.230 e. The number of rotatable bonds is 7.